The number of amides is 3. The number of ether oxygens (including phenoxy) is 1. The average Bonchev–Trinajstić information content (AvgIpc) is 2.84. The molecule has 1 fully saturated rings. The molecule has 1 N–H and O–H groups in total. The molecule has 0 unspecified atom stereocenters. The van der Waals surface area contributed by atoms with Crippen molar-refractivity contribution in [3.05, 3.63) is 34.9 Å². The zero-order chi connectivity index (χ0) is 17.0. The predicted molar refractivity (Wildman–Crippen MR) is 84.8 cm³/mol. The Morgan fingerprint density at radius 1 is 1.35 bits per heavy atom. The highest BCUT2D eigenvalue weighted by Gasteiger charge is 2.32. The fourth-order valence-corrected chi connectivity index (χ4v) is 2.57. The lowest BCUT2D eigenvalue weighted by Crippen LogP contribution is -2.45. The van der Waals surface area contributed by atoms with Crippen molar-refractivity contribution in [3.8, 4) is 0 Å². The maximum absolute atomic E-state index is 12.0. The second-order valence-corrected chi connectivity index (χ2v) is 6.03. The predicted octanol–water partition coefficient (Wildman–Crippen LogP) is 1.47. The van der Waals surface area contributed by atoms with Crippen molar-refractivity contribution in [3.63, 3.8) is 0 Å². The highest BCUT2D eigenvalue weighted by molar-refractivity contribution is 6.30. The third-order valence-electron chi connectivity index (χ3n) is 3.97. The van der Waals surface area contributed by atoms with Crippen molar-refractivity contribution in [2.45, 2.75) is 25.4 Å². The van der Waals surface area contributed by atoms with Gasteiger partial charge in [0.15, 0.2) is 0 Å². The molecule has 1 aromatic carbocycles. The van der Waals surface area contributed by atoms with Gasteiger partial charge >= 0.3 is 0 Å². The van der Waals surface area contributed by atoms with Crippen molar-refractivity contribution in [2.24, 2.45) is 0 Å². The lowest BCUT2D eigenvalue weighted by atomic mass is 9.95. The number of nitrogens with one attached hydrogen (secondary N) is 1. The maximum atomic E-state index is 12.0. The number of hydrogen-bond acceptors (Lipinski definition) is 4. The van der Waals surface area contributed by atoms with Gasteiger partial charge in [0, 0.05) is 25.0 Å². The number of carbonyl (C=O) groups is 3. The van der Waals surface area contributed by atoms with E-state index >= 15 is 0 Å². The Hall–Kier alpha value is -1.92. The van der Waals surface area contributed by atoms with Crippen LogP contribution in [-0.2, 0) is 24.7 Å². The molecule has 1 aromatic rings. The number of halogens is 1. The quantitative estimate of drug-likeness (QED) is 0.797. The van der Waals surface area contributed by atoms with Crippen LogP contribution in [0.1, 0.15) is 25.3 Å². The second-order valence-electron chi connectivity index (χ2n) is 5.60. The first-order valence-corrected chi connectivity index (χ1v) is 7.64. The van der Waals surface area contributed by atoms with E-state index in [0.717, 1.165) is 10.5 Å². The molecule has 1 atom stereocenters. The molecule has 23 heavy (non-hydrogen) atoms. The van der Waals surface area contributed by atoms with Gasteiger partial charge < -0.3 is 10.1 Å². The van der Waals surface area contributed by atoms with Crippen LogP contribution in [0.15, 0.2) is 24.3 Å². The fourth-order valence-electron chi connectivity index (χ4n) is 2.38. The minimum Gasteiger partial charge on any atom is -0.372 e. The van der Waals surface area contributed by atoms with Crippen LogP contribution in [0, 0.1) is 0 Å². The third-order valence-corrected chi connectivity index (χ3v) is 4.20. The first-order chi connectivity index (χ1) is 10.9. The minimum absolute atomic E-state index is 0.171. The molecule has 0 radical (unpaired) electrons. The van der Waals surface area contributed by atoms with E-state index in [-0.39, 0.29) is 37.7 Å². The molecule has 0 aliphatic carbocycles. The fraction of sp³-hybridized carbons (Fsp3) is 0.438. The van der Waals surface area contributed by atoms with Crippen LogP contribution in [0.4, 0.5) is 0 Å². The third kappa shape index (κ3) is 4.09. The molecule has 0 spiro atoms. The summed E-state index contributed by atoms with van der Waals surface area (Å²) < 4.78 is 5.52. The first kappa shape index (κ1) is 17.4. The monoisotopic (exact) mass is 338 g/mol. The number of imide groups is 1. The lowest BCUT2D eigenvalue weighted by Gasteiger charge is -2.29. The van der Waals surface area contributed by atoms with Gasteiger partial charge in [0.05, 0.1) is 6.54 Å². The summed E-state index contributed by atoms with van der Waals surface area (Å²) in [6.07, 6.45) is 0.342. The Morgan fingerprint density at radius 2 is 2.00 bits per heavy atom. The van der Waals surface area contributed by atoms with Crippen molar-refractivity contribution in [2.75, 3.05) is 20.2 Å². The number of rotatable bonds is 6. The van der Waals surface area contributed by atoms with Crippen molar-refractivity contribution < 1.29 is 19.1 Å². The van der Waals surface area contributed by atoms with Crippen molar-refractivity contribution in [1.29, 1.82) is 0 Å². The highest BCUT2D eigenvalue weighted by atomic mass is 35.5. The Balaban J connectivity index is 1.98. The van der Waals surface area contributed by atoms with Crippen LogP contribution < -0.4 is 5.32 Å². The number of likely N-dealkylation sites (tertiary alicyclic amines) is 1. The minimum atomic E-state index is -0.764. The maximum Gasteiger partial charge on any atom is 0.240 e. The van der Waals surface area contributed by atoms with Gasteiger partial charge in [-0.3, -0.25) is 19.3 Å². The van der Waals surface area contributed by atoms with Gasteiger partial charge in [0.1, 0.15) is 12.1 Å². The van der Waals surface area contributed by atoms with E-state index < -0.39 is 11.5 Å². The Kier molecular flexibility index (Phi) is 5.38. The largest absolute Gasteiger partial charge is 0.372 e. The van der Waals surface area contributed by atoms with Gasteiger partial charge in [-0.2, -0.15) is 0 Å². The molecule has 2 rings (SSSR count). The van der Waals surface area contributed by atoms with Gasteiger partial charge in [0.2, 0.25) is 17.7 Å². The molecule has 0 saturated carbocycles. The summed E-state index contributed by atoms with van der Waals surface area (Å²) in [5.41, 5.74) is 0.0562. The molecule has 6 nitrogen and oxygen atoms in total. The molecular formula is C16H19ClN2O4. The van der Waals surface area contributed by atoms with Crippen LogP contribution >= 0.6 is 11.6 Å². The van der Waals surface area contributed by atoms with Crippen LogP contribution in [0.2, 0.25) is 5.02 Å². The standard InChI is InChI=1S/C16H19ClN2O4/c1-16(23-2,11-4-3-5-12(17)8-11)10-18-13(20)9-19-14(21)6-7-15(19)22/h3-5,8H,6-7,9-10H2,1-2H3,(H,18,20)/t16-/m0/s1. The molecule has 1 saturated heterocycles. The van der Waals surface area contributed by atoms with Crippen LogP contribution in [0.3, 0.4) is 0 Å². The van der Waals surface area contributed by atoms with Gasteiger partial charge in [-0.25, -0.2) is 0 Å². The molecule has 1 aliphatic rings. The zero-order valence-corrected chi connectivity index (χ0v) is 13.9. The lowest BCUT2D eigenvalue weighted by molar-refractivity contribution is -0.142. The molecule has 7 heteroatoms. The van der Waals surface area contributed by atoms with E-state index in [4.69, 9.17) is 16.3 Å². The Bertz CT molecular complexity index is 618. The van der Waals surface area contributed by atoms with E-state index in [0.29, 0.717) is 5.02 Å². The first-order valence-electron chi connectivity index (χ1n) is 7.27. The van der Waals surface area contributed by atoms with Crippen molar-refractivity contribution >= 4 is 29.3 Å². The summed E-state index contributed by atoms with van der Waals surface area (Å²) in [5, 5.41) is 3.28. The Morgan fingerprint density at radius 3 is 2.57 bits per heavy atom. The number of carbonyl (C=O) groups excluding carboxylic acids is 3. The highest BCUT2D eigenvalue weighted by Crippen LogP contribution is 2.26. The summed E-state index contributed by atoms with van der Waals surface area (Å²) in [6.45, 7) is 1.76. The average molecular weight is 339 g/mol. The van der Waals surface area contributed by atoms with E-state index in [2.05, 4.69) is 5.32 Å². The normalized spacial score (nSPS) is 17.3. The zero-order valence-electron chi connectivity index (χ0n) is 13.1. The summed E-state index contributed by atoms with van der Waals surface area (Å²) in [4.78, 5) is 36.0. The number of nitrogens with zero attached hydrogens (tertiary/aromatic N) is 1. The molecule has 0 aromatic heterocycles. The van der Waals surface area contributed by atoms with Gasteiger partial charge in [-0.1, -0.05) is 23.7 Å². The summed E-state index contributed by atoms with van der Waals surface area (Å²) in [7, 11) is 1.54. The van der Waals surface area contributed by atoms with E-state index in [1.807, 2.05) is 13.0 Å². The van der Waals surface area contributed by atoms with Crippen LogP contribution in [0.25, 0.3) is 0 Å². The smallest absolute Gasteiger partial charge is 0.240 e. The molecule has 0 bridgehead atoms. The van der Waals surface area contributed by atoms with E-state index in [1.165, 1.54) is 0 Å². The van der Waals surface area contributed by atoms with Crippen LogP contribution in [-0.4, -0.2) is 42.8 Å². The summed E-state index contributed by atoms with van der Waals surface area (Å²) >= 11 is 5.99. The summed E-state index contributed by atoms with van der Waals surface area (Å²) in [6, 6.07) is 7.18. The molecule has 3 amide bonds. The second kappa shape index (κ2) is 7.10. The van der Waals surface area contributed by atoms with Crippen LogP contribution in [0.5, 0.6) is 0 Å². The van der Waals surface area contributed by atoms with Gasteiger partial charge in [-0.15, -0.1) is 0 Å². The topological polar surface area (TPSA) is 75.7 Å². The van der Waals surface area contributed by atoms with Gasteiger partial charge in [-0.05, 0) is 24.6 Å². The SMILES string of the molecule is CO[C@@](C)(CNC(=O)CN1C(=O)CCC1=O)c1cccc(Cl)c1. The molecule has 1 aliphatic heterocycles. The molecule has 124 valence electrons. The van der Waals surface area contributed by atoms with E-state index in [9.17, 15) is 14.4 Å². The Labute approximate surface area is 139 Å². The summed E-state index contributed by atoms with van der Waals surface area (Å²) in [5.74, 6) is -1.03. The number of hydrogen-bond donors (Lipinski definition) is 1. The molecular weight excluding hydrogens is 320 g/mol. The van der Waals surface area contributed by atoms with Gasteiger partial charge in [0.25, 0.3) is 0 Å². The van der Waals surface area contributed by atoms with E-state index in [1.54, 1.807) is 25.3 Å². The van der Waals surface area contributed by atoms with Crippen molar-refractivity contribution in [1.82, 2.24) is 10.2 Å². The number of methoxy groups -OCH3 is 1. The molecule has 1 heterocycles. The number of benzene rings is 1.